The second-order valence-electron chi connectivity index (χ2n) is 8.13. The number of carbonyl (C=O) groups is 2. The first-order valence-electron chi connectivity index (χ1n) is 11.0. The number of nitro groups is 1. The fourth-order valence-corrected chi connectivity index (χ4v) is 4.74. The molecule has 0 saturated carbocycles. The van der Waals surface area contributed by atoms with Gasteiger partial charge in [-0.05, 0) is 45.3 Å². The Morgan fingerprint density at radius 1 is 1.00 bits per heavy atom. The summed E-state index contributed by atoms with van der Waals surface area (Å²) in [7, 11) is -3.96. The number of primary sulfonamides is 1. The number of amides is 1. The molecule has 12 heteroatoms. The van der Waals surface area contributed by atoms with Crippen LogP contribution < -0.4 is 10.5 Å². The number of anilines is 1. The Kier molecular flexibility index (Phi) is 7.76. The van der Waals surface area contributed by atoms with E-state index in [1.807, 2.05) is 0 Å². The molecule has 3 aromatic carbocycles. The summed E-state index contributed by atoms with van der Waals surface area (Å²) in [5, 5.41) is 19.2. The van der Waals surface area contributed by atoms with Crippen LogP contribution >= 0.6 is 15.9 Å². The van der Waals surface area contributed by atoms with Crippen LogP contribution in [0.1, 0.15) is 26.3 Å². The quantitative estimate of drug-likeness (QED) is 0.169. The lowest BCUT2D eigenvalue weighted by Crippen LogP contribution is -2.17. The maximum absolute atomic E-state index is 13.1. The zero-order valence-corrected chi connectivity index (χ0v) is 21.9. The SMILES string of the molecule is NS(=O)(=O)c1ccccc1-c1ccc(C(=O)Cc2ccc([N+](=O)[O-])cc2C(=O)Nc2ccc(Br)cn2)cc1. The molecule has 1 amide bonds. The van der Waals surface area contributed by atoms with Gasteiger partial charge in [0, 0.05) is 40.4 Å². The average Bonchev–Trinajstić information content (AvgIpc) is 2.89. The van der Waals surface area contributed by atoms with Crippen LogP contribution in [0, 0.1) is 10.1 Å². The molecule has 4 aromatic rings. The Hall–Kier alpha value is -4.26. The molecule has 0 fully saturated rings. The van der Waals surface area contributed by atoms with Gasteiger partial charge in [-0.25, -0.2) is 18.5 Å². The molecular weight excluding hydrogens is 576 g/mol. The number of nitrogens with one attached hydrogen (secondary N) is 1. The fraction of sp³-hybridized carbons (Fsp3) is 0.0385. The van der Waals surface area contributed by atoms with Crippen molar-refractivity contribution < 1.29 is 22.9 Å². The number of nitro benzene ring substituents is 1. The summed E-state index contributed by atoms with van der Waals surface area (Å²) in [4.78, 5) is 40.8. The minimum Gasteiger partial charge on any atom is -0.307 e. The second-order valence-corrected chi connectivity index (χ2v) is 10.6. The van der Waals surface area contributed by atoms with Crippen LogP contribution in [-0.2, 0) is 16.4 Å². The molecule has 10 nitrogen and oxygen atoms in total. The number of carbonyl (C=O) groups excluding carboxylic acids is 2. The summed E-state index contributed by atoms with van der Waals surface area (Å²) in [6.07, 6.45) is 1.28. The fourth-order valence-electron chi connectivity index (χ4n) is 3.74. The van der Waals surface area contributed by atoms with Crippen molar-refractivity contribution in [2.45, 2.75) is 11.3 Å². The Labute approximate surface area is 225 Å². The smallest absolute Gasteiger partial charge is 0.270 e. The molecule has 38 heavy (non-hydrogen) atoms. The molecule has 1 heterocycles. The Bertz CT molecular complexity index is 1660. The lowest BCUT2D eigenvalue weighted by molar-refractivity contribution is -0.384. The van der Waals surface area contributed by atoms with Crippen molar-refractivity contribution in [3.8, 4) is 11.1 Å². The van der Waals surface area contributed by atoms with Gasteiger partial charge in [-0.3, -0.25) is 19.7 Å². The number of non-ortho nitro benzene ring substituents is 1. The normalized spacial score (nSPS) is 11.1. The second kappa shape index (κ2) is 11.0. The van der Waals surface area contributed by atoms with Crippen LogP contribution in [0.2, 0.25) is 0 Å². The number of rotatable bonds is 8. The van der Waals surface area contributed by atoms with Crippen molar-refractivity contribution in [1.82, 2.24) is 4.98 Å². The Morgan fingerprint density at radius 2 is 1.71 bits per heavy atom. The summed E-state index contributed by atoms with van der Waals surface area (Å²) < 4.78 is 24.6. The average molecular weight is 595 g/mol. The molecule has 1 aromatic heterocycles. The third-order valence-electron chi connectivity index (χ3n) is 5.58. The molecule has 0 unspecified atom stereocenters. The third-order valence-corrected chi connectivity index (χ3v) is 7.02. The number of aromatic nitrogens is 1. The summed E-state index contributed by atoms with van der Waals surface area (Å²) >= 11 is 3.25. The van der Waals surface area contributed by atoms with Gasteiger partial charge in [0.2, 0.25) is 10.0 Å². The van der Waals surface area contributed by atoms with E-state index in [-0.39, 0.29) is 34.2 Å². The largest absolute Gasteiger partial charge is 0.307 e. The van der Waals surface area contributed by atoms with Crippen molar-refractivity contribution in [3.05, 3.63) is 116 Å². The number of benzene rings is 3. The molecule has 4 rings (SSSR count). The highest BCUT2D eigenvalue weighted by atomic mass is 79.9. The van der Waals surface area contributed by atoms with Gasteiger partial charge in [0.25, 0.3) is 11.6 Å². The highest BCUT2D eigenvalue weighted by Gasteiger charge is 2.20. The van der Waals surface area contributed by atoms with E-state index >= 15 is 0 Å². The van der Waals surface area contributed by atoms with E-state index in [9.17, 15) is 28.1 Å². The van der Waals surface area contributed by atoms with Crippen LogP contribution in [0.3, 0.4) is 0 Å². The van der Waals surface area contributed by atoms with E-state index in [0.717, 1.165) is 6.07 Å². The molecule has 192 valence electrons. The molecule has 0 aliphatic carbocycles. The highest BCUT2D eigenvalue weighted by molar-refractivity contribution is 9.10. The van der Waals surface area contributed by atoms with Crippen molar-refractivity contribution in [2.75, 3.05) is 5.32 Å². The van der Waals surface area contributed by atoms with Crippen LogP contribution in [-0.4, -0.2) is 30.0 Å². The standard InChI is InChI=1S/C26H19BrN4O6S/c27-19-10-12-25(29-15-19)30-26(33)22-14-20(31(34)35)11-9-18(22)13-23(32)17-7-5-16(6-8-17)21-3-1-2-4-24(21)38(28,36)37/h1-12,14-15H,13H2,(H2,28,36,37)(H,29,30,33). The van der Waals surface area contributed by atoms with Gasteiger partial charge in [-0.2, -0.15) is 0 Å². The van der Waals surface area contributed by atoms with Crippen molar-refractivity contribution >= 4 is 49.1 Å². The topological polar surface area (TPSA) is 162 Å². The van der Waals surface area contributed by atoms with Gasteiger partial charge in [0.15, 0.2) is 5.78 Å². The van der Waals surface area contributed by atoms with E-state index in [0.29, 0.717) is 26.7 Å². The predicted molar refractivity (Wildman–Crippen MR) is 144 cm³/mol. The van der Waals surface area contributed by atoms with E-state index in [4.69, 9.17) is 5.14 Å². The summed E-state index contributed by atoms with van der Waals surface area (Å²) in [5.74, 6) is -0.764. The molecule has 0 bridgehead atoms. The van der Waals surface area contributed by atoms with Gasteiger partial charge in [-0.1, -0.05) is 48.5 Å². The number of pyridine rings is 1. The van der Waals surface area contributed by atoms with E-state index in [1.165, 1.54) is 36.5 Å². The molecule has 0 atom stereocenters. The molecule has 3 N–H and O–H groups in total. The minimum atomic E-state index is -3.96. The van der Waals surface area contributed by atoms with Crippen LogP contribution in [0.5, 0.6) is 0 Å². The van der Waals surface area contributed by atoms with Crippen molar-refractivity contribution in [3.63, 3.8) is 0 Å². The first-order valence-corrected chi connectivity index (χ1v) is 13.3. The van der Waals surface area contributed by atoms with Gasteiger partial charge >= 0.3 is 0 Å². The maximum Gasteiger partial charge on any atom is 0.270 e. The van der Waals surface area contributed by atoms with E-state index in [2.05, 4.69) is 26.2 Å². The number of nitrogens with two attached hydrogens (primary N) is 1. The number of Topliss-reactive ketones (excluding diaryl/α,β-unsaturated/α-hetero) is 1. The number of sulfonamides is 1. The van der Waals surface area contributed by atoms with Gasteiger partial charge < -0.3 is 5.32 Å². The zero-order chi connectivity index (χ0) is 27.4. The van der Waals surface area contributed by atoms with Crippen LogP contribution in [0.4, 0.5) is 11.5 Å². The molecule has 0 aliphatic rings. The van der Waals surface area contributed by atoms with Gasteiger partial charge in [-0.15, -0.1) is 0 Å². The first kappa shape index (κ1) is 26.8. The number of halogens is 1. The number of hydrogen-bond acceptors (Lipinski definition) is 7. The van der Waals surface area contributed by atoms with E-state index < -0.39 is 20.9 Å². The van der Waals surface area contributed by atoms with Gasteiger partial charge in [0.05, 0.1) is 15.4 Å². The molecule has 0 spiro atoms. The highest BCUT2D eigenvalue weighted by Crippen LogP contribution is 2.27. The molecule has 0 aliphatic heterocycles. The molecule has 0 saturated heterocycles. The zero-order valence-electron chi connectivity index (χ0n) is 19.5. The summed E-state index contributed by atoms with van der Waals surface area (Å²) in [5.41, 5.74) is 1.21. The summed E-state index contributed by atoms with van der Waals surface area (Å²) in [6, 6.07) is 19.5. The lowest BCUT2D eigenvalue weighted by atomic mass is 9.96. The Morgan fingerprint density at radius 3 is 2.34 bits per heavy atom. The van der Waals surface area contributed by atoms with Crippen LogP contribution in [0.15, 0.2) is 94.4 Å². The number of nitrogens with zero attached hydrogens (tertiary/aromatic N) is 2. The minimum absolute atomic E-state index is 0.0315. The predicted octanol–water partition coefficient (Wildman–Crippen LogP) is 4.74. The Balaban J connectivity index is 1.60. The van der Waals surface area contributed by atoms with E-state index in [1.54, 1.807) is 42.5 Å². The number of ketones is 1. The third kappa shape index (κ3) is 6.17. The maximum atomic E-state index is 13.1. The first-order chi connectivity index (χ1) is 18.0. The molecular formula is C26H19BrN4O6S. The monoisotopic (exact) mass is 594 g/mol. The van der Waals surface area contributed by atoms with Crippen molar-refractivity contribution in [1.29, 1.82) is 0 Å². The number of hydrogen-bond donors (Lipinski definition) is 2. The lowest BCUT2D eigenvalue weighted by Gasteiger charge is -2.11. The molecule has 0 radical (unpaired) electrons. The van der Waals surface area contributed by atoms with Crippen LogP contribution in [0.25, 0.3) is 11.1 Å². The van der Waals surface area contributed by atoms with Crippen molar-refractivity contribution in [2.24, 2.45) is 5.14 Å². The summed E-state index contributed by atoms with van der Waals surface area (Å²) in [6.45, 7) is 0. The van der Waals surface area contributed by atoms with Gasteiger partial charge in [0.1, 0.15) is 5.82 Å².